The average Bonchev–Trinajstić information content (AvgIpc) is 1.69. The topological polar surface area (TPSA) is 0 Å². The molecule has 0 aliphatic carbocycles. The van der Waals surface area contributed by atoms with E-state index in [1.54, 1.807) is 0 Å². The van der Waals surface area contributed by atoms with Crippen LogP contribution in [0.2, 0.25) is 0 Å². The number of rotatable bonds is 0. The summed E-state index contributed by atoms with van der Waals surface area (Å²) in [5, 5.41) is 1.28. The number of hydrogen-bond acceptors (Lipinski definition) is 0. The molecule has 0 heterocycles. The second kappa shape index (κ2) is 1.81. The summed E-state index contributed by atoms with van der Waals surface area (Å²) in [4.78, 5) is 0. The first-order chi connectivity index (χ1) is 3.39. The van der Waals surface area contributed by atoms with Crippen LogP contribution in [-0.2, 0) is 0 Å². The molecule has 0 unspecified atom stereocenters. The molecule has 0 fully saturated rings. The maximum absolute atomic E-state index is 2.97. The van der Waals surface area contributed by atoms with Crippen LogP contribution in [0.15, 0.2) is 18.2 Å². The fourth-order valence-corrected chi connectivity index (χ4v) is 0.775. The van der Waals surface area contributed by atoms with Crippen molar-refractivity contribution in [1.82, 2.24) is 0 Å². The van der Waals surface area contributed by atoms with Crippen LogP contribution in [0, 0.1) is 12.1 Å². The molecule has 1 aromatic carbocycles. The predicted octanol–water partition coefficient (Wildman–Crippen LogP) is -0.722. The summed E-state index contributed by atoms with van der Waals surface area (Å²) >= 11 is 0. The van der Waals surface area contributed by atoms with Crippen molar-refractivity contribution in [2.24, 2.45) is 0 Å². The van der Waals surface area contributed by atoms with Gasteiger partial charge in [0.05, 0.1) is 0 Å². The maximum Gasteiger partial charge on any atom is 0.0494 e. The summed E-state index contributed by atoms with van der Waals surface area (Å²) in [7, 11) is 1.09. The predicted molar refractivity (Wildman–Crippen MR) is 33.7 cm³/mol. The van der Waals surface area contributed by atoms with Gasteiger partial charge in [-0.2, -0.15) is 0 Å². The minimum atomic E-state index is 1.09. The molecule has 1 aromatic rings. The highest BCUT2D eigenvalue weighted by atomic mass is 28.1. The van der Waals surface area contributed by atoms with Gasteiger partial charge in [-0.05, 0) is 11.3 Å². The molecule has 0 saturated carbocycles. The highest BCUT2D eigenvalue weighted by Crippen LogP contribution is 1.68. The fraction of sp³-hybridized carbons (Fsp3) is 0. The highest BCUT2D eigenvalue weighted by molar-refractivity contribution is 6.31. The van der Waals surface area contributed by atoms with E-state index in [4.69, 9.17) is 0 Å². The molecule has 34 valence electrons. The monoisotopic (exact) mass is 106 g/mol. The van der Waals surface area contributed by atoms with Gasteiger partial charge >= 0.3 is 0 Å². The Labute approximate surface area is 46.6 Å². The Morgan fingerprint density at radius 2 is 2.43 bits per heavy atom. The molecule has 0 radical (unpaired) electrons. The largest absolute Gasteiger partial charge is 0.0724 e. The van der Waals surface area contributed by atoms with E-state index in [1.807, 2.05) is 12.1 Å². The van der Waals surface area contributed by atoms with Crippen LogP contribution in [-0.4, -0.2) is 10.2 Å². The molecular formula is C6H6Si. The van der Waals surface area contributed by atoms with Crippen molar-refractivity contribution >= 4 is 15.4 Å². The molecule has 0 spiro atoms. The van der Waals surface area contributed by atoms with Gasteiger partial charge in [0.25, 0.3) is 0 Å². The smallest absolute Gasteiger partial charge is 0.0494 e. The van der Waals surface area contributed by atoms with E-state index in [9.17, 15) is 0 Å². The first-order valence-electron chi connectivity index (χ1n) is 2.24. The van der Waals surface area contributed by atoms with Crippen molar-refractivity contribution < 1.29 is 0 Å². The zero-order valence-electron chi connectivity index (χ0n) is 4.23. The molecule has 0 amide bonds. The molecule has 1 rings (SSSR count). The van der Waals surface area contributed by atoms with Crippen molar-refractivity contribution in [3.63, 3.8) is 0 Å². The molecule has 0 saturated heterocycles. The van der Waals surface area contributed by atoms with E-state index >= 15 is 0 Å². The van der Waals surface area contributed by atoms with E-state index in [-0.39, 0.29) is 0 Å². The SMILES string of the molecule is [SiH3]c1c#cccc1. The Hall–Kier alpha value is -0.743. The van der Waals surface area contributed by atoms with Gasteiger partial charge in [0.2, 0.25) is 0 Å². The molecule has 0 nitrogen and oxygen atoms in total. The van der Waals surface area contributed by atoms with E-state index in [0.717, 1.165) is 10.2 Å². The summed E-state index contributed by atoms with van der Waals surface area (Å²) in [5.41, 5.74) is 0. The quantitative estimate of drug-likeness (QED) is 0.383. The summed E-state index contributed by atoms with van der Waals surface area (Å²) in [6.07, 6.45) is 0. The van der Waals surface area contributed by atoms with Crippen LogP contribution < -0.4 is 5.19 Å². The highest BCUT2D eigenvalue weighted by Gasteiger charge is 1.69. The Morgan fingerprint density at radius 1 is 1.57 bits per heavy atom. The van der Waals surface area contributed by atoms with Gasteiger partial charge in [0, 0.05) is 10.2 Å². The van der Waals surface area contributed by atoms with Gasteiger partial charge < -0.3 is 0 Å². The lowest BCUT2D eigenvalue weighted by molar-refractivity contribution is 1.82. The van der Waals surface area contributed by atoms with E-state index in [2.05, 4.69) is 18.2 Å². The molecule has 1 heteroatoms. The van der Waals surface area contributed by atoms with E-state index < -0.39 is 0 Å². The lowest BCUT2D eigenvalue weighted by atomic mass is 10.4. The van der Waals surface area contributed by atoms with Crippen LogP contribution in [0.3, 0.4) is 0 Å². The first kappa shape index (κ1) is 4.42. The molecule has 0 bridgehead atoms. The van der Waals surface area contributed by atoms with Crippen LogP contribution >= 0.6 is 0 Å². The Balaban J connectivity index is 3.02. The average molecular weight is 106 g/mol. The molecule has 0 N–H and O–H groups in total. The van der Waals surface area contributed by atoms with Crippen molar-refractivity contribution in [2.45, 2.75) is 0 Å². The van der Waals surface area contributed by atoms with Gasteiger partial charge in [-0.1, -0.05) is 24.3 Å². The minimum absolute atomic E-state index is 1.09. The molecule has 7 heavy (non-hydrogen) atoms. The zero-order valence-corrected chi connectivity index (χ0v) is 6.23. The molecule has 0 atom stereocenters. The molecule has 0 aliphatic rings. The molecular weight excluding hydrogens is 100 g/mol. The maximum atomic E-state index is 2.97. The summed E-state index contributed by atoms with van der Waals surface area (Å²) in [5.74, 6) is 0. The number of hydrogen-bond donors (Lipinski definition) is 0. The normalized spacial score (nSPS) is 8.00. The van der Waals surface area contributed by atoms with Crippen molar-refractivity contribution in [1.29, 1.82) is 0 Å². The minimum Gasteiger partial charge on any atom is -0.0724 e. The first-order valence-corrected chi connectivity index (χ1v) is 3.24. The third-order valence-electron chi connectivity index (χ3n) is 0.795. The Morgan fingerprint density at radius 3 is 2.71 bits per heavy atom. The van der Waals surface area contributed by atoms with Gasteiger partial charge in [-0.3, -0.25) is 0 Å². The van der Waals surface area contributed by atoms with Crippen molar-refractivity contribution in [2.75, 3.05) is 0 Å². The second-order valence-corrected chi connectivity index (χ2v) is 2.56. The third-order valence-corrected chi connectivity index (χ3v) is 1.38. The second-order valence-electron chi connectivity index (χ2n) is 1.48. The van der Waals surface area contributed by atoms with Gasteiger partial charge in [-0.15, -0.1) is 0 Å². The van der Waals surface area contributed by atoms with Gasteiger partial charge in [0.15, 0.2) is 0 Å². The summed E-state index contributed by atoms with van der Waals surface area (Å²) in [6.45, 7) is 0. The zero-order chi connectivity index (χ0) is 5.11. The standard InChI is InChI=1S/C6H6Si/c7-6-4-2-1-3-5-6/h1-2,4H,7H3. The van der Waals surface area contributed by atoms with Crippen molar-refractivity contribution in [3.8, 4) is 0 Å². The lowest BCUT2D eigenvalue weighted by Crippen LogP contribution is -1.95. The Kier molecular flexibility index (Phi) is 1.14. The lowest BCUT2D eigenvalue weighted by Gasteiger charge is -1.75. The van der Waals surface area contributed by atoms with E-state index in [1.165, 1.54) is 5.19 Å². The summed E-state index contributed by atoms with van der Waals surface area (Å²) in [6, 6.07) is 11.7. The van der Waals surface area contributed by atoms with Crippen LogP contribution in [0.4, 0.5) is 0 Å². The summed E-state index contributed by atoms with van der Waals surface area (Å²) < 4.78 is 0. The fourth-order valence-electron chi connectivity index (χ4n) is 0.438. The Bertz CT molecular complexity index is 134. The van der Waals surface area contributed by atoms with Crippen LogP contribution in [0.1, 0.15) is 0 Å². The van der Waals surface area contributed by atoms with Crippen LogP contribution in [0.25, 0.3) is 0 Å². The van der Waals surface area contributed by atoms with Gasteiger partial charge in [-0.25, -0.2) is 0 Å². The molecule has 0 aromatic heterocycles. The third kappa shape index (κ3) is 1.06. The van der Waals surface area contributed by atoms with Gasteiger partial charge in [0.1, 0.15) is 0 Å². The van der Waals surface area contributed by atoms with Crippen molar-refractivity contribution in [3.05, 3.63) is 30.3 Å². The molecule has 0 aliphatic heterocycles. The van der Waals surface area contributed by atoms with E-state index in [0.29, 0.717) is 0 Å². The van der Waals surface area contributed by atoms with Crippen LogP contribution in [0.5, 0.6) is 0 Å².